The Morgan fingerprint density at radius 1 is 0.381 bits per heavy atom. The van der Waals surface area contributed by atoms with Crippen LogP contribution in [0.4, 0.5) is 61.7 Å². The molecule has 0 saturated heterocycles. The maximum Gasteiger partial charge on any atom is 0.408 e. The van der Waals surface area contributed by atoms with E-state index < -0.39 is 39.5 Å². The molecule has 0 unspecified atom stereocenters. The number of rotatable bonds is 26. The first-order chi connectivity index (χ1) is 61.9. The van der Waals surface area contributed by atoms with E-state index in [0.29, 0.717) is 152 Å². The second kappa shape index (κ2) is 56.6. The summed E-state index contributed by atoms with van der Waals surface area (Å²) in [5, 5.41) is 41.5. The van der Waals surface area contributed by atoms with Crippen LogP contribution in [-0.2, 0) is 58.7 Å². The van der Waals surface area contributed by atoms with E-state index >= 15 is 0 Å². The molecule has 5 aromatic rings. The molecule has 0 heterocycles. The number of anilines is 8. The molecule has 7 amide bonds. The maximum atomic E-state index is 13.3. The molecule has 30 nitrogen and oxygen atoms in total. The van der Waals surface area contributed by atoms with Crippen molar-refractivity contribution < 1.29 is 97.0 Å². The SMILES string of the molecule is CC(C)[C@@H]1CC[C@@H](C)C[C@H]1C(=O)Cl.COc1ccc(N)c([N+](=O)[O-])c1.COc1ccc(NC(=O)[C@@H]2C[C@H](C)CC[C@H]2C(C)C)c(N)c1.COc1ccc(NC(=O)[C@@H]2C[C@H](C)CC[C@H]2C(C)C)c(NC(=O)[C@@H](C)N)c1.COc1ccc(NC(=O)[C@@H]2C[C@H](C)CC[C@H]2C(C)C)c(NC(=O)[C@@H](C)NC(=O)OC(C)(C)C)c1.COc1ccc(NC(=O)[C@@H]2C[C@H](C)CC[C@H]2C(C)C)c([N+](=O)[O-])c1.[CH3-].[Pd]. The van der Waals surface area contributed by atoms with Crippen LogP contribution in [0.2, 0.25) is 0 Å². The van der Waals surface area contributed by atoms with Crippen molar-refractivity contribution in [2.24, 2.45) is 124 Å². The van der Waals surface area contributed by atoms with Gasteiger partial charge < -0.3 is 90.3 Å². The fourth-order valence-corrected chi connectivity index (χ4v) is 18.9. The molecule has 5 saturated carbocycles. The zero-order valence-electron chi connectivity index (χ0n) is 84.1. The third-order valence-corrected chi connectivity index (χ3v) is 26.7. The van der Waals surface area contributed by atoms with Gasteiger partial charge in [-0.15, -0.1) is 0 Å². The molecule has 0 radical (unpaired) electrons. The van der Waals surface area contributed by atoms with Crippen molar-refractivity contribution in [2.45, 2.75) is 252 Å². The summed E-state index contributed by atoms with van der Waals surface area (Å²) < 4.78 is 30.7. The molecule has 0 spiro atoms. The molecule has 134 heavy (non-hydrogen) atoms. The van der Waals surface area contributed by atoms with Gasteiger partial charge in [-0.05, 0) is 260 Å². The molecule has 17 atom stereocenters. The number of amides is 7. The number of methoxy groups -OCH3 is 5. The normalized spacial score (nSPS) is 22.8. The van der Waals surface area contributed by atoms with Crippen molar-refractivity contribution in [3.05, 3.63) is 119 Å². The van der Waals surface area contributed by atoms with Crippen LogP contribution >= 0.6 is 11.6 Å². The van der Waals surface area contributed by atoms with Gasteiger partial charge >= 0.3 is 6.09 Å². The minimum absolute atomic E-state index is 0. The zero-order valence-corrected chi connectivity index (χ0v) is 86.4. The maximum absolute atomic E-state index is 13.3. The van der Waals surface area contributed by atoms with Gasteiger partial charge in [-0.3, -0.25) is 53.8 Å². The summed E-state index contributed by atoms with van der Waals surface area (Å²) in [7, 11) is 7.58. The average Bonchev–Trinajstić information content (AvgIpc) is 0.823. The Labute approximate surface area is 815 Å². The number of nitrogens with one attached hydrogen (secondary N) is 7. The largest absolute Gasteiger partial charge is 0.497 e. The quantitative estimate of drug-likeness (QED) is 0.00614. The predicted octanol–water partition coefficient (Wildman–Crippen LogP) is 22.1. The second-order valence-corrected chi connectivity index (χ2v) is 40.0. The van der Waals surface area contributed by atoms with Gasteiger partial charge in [0.25, 0.3) is 11.4 Å². The van der Waals surface area contributed by atoms with Crippen LogP contribution in [-0.4, -0.2) is 110 Å². The number of hydrogen-bond acceptors (Lipinski definition) is 21. The summed E-state index contributed by atoms with van der Waals surface area (Å²) in [4.78, 5) is 121. The van der Waals surface area contributed by atoms with Crippen LogP contribution in [0.15, 0.2) is 91.0 Å². The fourth-order valence-electron chi connectivity index (χ4n) is 18.6. The minimum Gasteiger partial charge on any atom is -0.497 e. The van der Waals surface area contributed by atoms with Crippen molar-refractivity contribution in [1.82, 2.24) is 5.32 Å². The molecular weight excluding hydrogens is 1820 g/mol. The molecule has 5 aromatic carbocycles. The van der Waals surface area contributed by atoms with Gasteiger partial charge in [0, 0.05) is 68.2 Å². The number of ether oxygens (including phenoxy) is 6. The number of carbonyl (C=O) groups excluding carboxylic acids is 8. The Balaban J connectivity index is 0.000000425. The number of nitrogens with two attached hydrogens (primary N) is 3. The third-order valence-electron chi connectivity index (χ3n) is 26.4. The number of nitrogen functional groups attached to an aromatic ring is 2. The van der Waals surface area contributed by atoms with E-state index in [-0.39, 0.29) is 115 Å². The molecule has 5 fully saturated rings. The Hall–Kier alpha value is -9.83. The topological polar surface area (TPSA) is 440 Å². The van der Waals surface area contributed by atoms with E-state index in [9.17, 15) is 58.6 Å². The van der Waals surface area contributed by atoms with Crippen molar-refractivity contribution in [2.75, 3.05) is 78.9 Å². The van der Waals surface area contributed by atoms with Crippen LogP contribution < -0.4 is 78.1 Å². The van der Waals surface area contributed by atoms with Crippen LogP contribution in [0.25, 0.3) is 0 Å². The minimum atomic E-state index is -0.853. The molecule has 5 aliphatic carbocycles. The van der Waals surface area contributed by atoms with Gasteiger partial charge in [0.1, 0.15) is 51.8 Å². The summed E-state index contributed by atoms with van der Waals surface area (Å²) in [5.41, 5.74) is 19.6. The predicted molar refractivity (Wildman–Crippen MR) is 533 cm³/mol. The van der Waals surface area contributed by atoms with Crippen molar-refractivity contribution in [3.63, 3.8) is 0 Å². The van der Waals surface area contributed by atoms with E-state index in [1.165, 1.54) is 71.3 Å². The molecule has 13 N–H and O–H groups in total. The Bertz CT molecular complexity index is 4620. The summed E-state index contributed by atoms with van der Waals surface area (Å²) in [6.07, 6.45) is 15.2. The molecule has 0 aromatic heterocycles. The molecule has 10 rings (SSSR count). The molecule has 32 heteroatoms. The number of carbonyl (C=O) groups is 8. The average molecular weight is 1980 g/mol. The molecule has 0 aliphatic heterocycles. The number of alkyl carbamates (subject to hydrolysis) is 1. The number of nitro benzene ring substituents is 2. The van der Waals surface area contributed by atoms with Crippen molar-refractivity contribution in [1.29, 1.82) is 0 Å². The summed E-state index contributed by atoms with van der Waals surface area (Å²) in [6, 6.07) is 23.0. The number of hydrogen-bond donors (Lipinski definition) is 10. The number of benzene rings is 5. The van der Waals surface area contributed by atoms with Gasteiger partial charge in [0.05, 0.1) is 97.7 Å². The van der Waals surface area contributed by atoms with Gasteiger partial charge in [0.15, 0.2) is 0 Å². The van der Waals surface area contributed by atoms with E-state index in [1.54, 1.807) is 103 Å². The standard InChI is InChI=1S/C26H41N3O5.C21H33N3O3.C18H26N2O4.C18H28N2O2.C11H19ClO.C7H8N2O3.CH3.Pd/c1-15(2)19-11-9-16(3)13-20(19)24(31)28-21-12-10-18(33-8)14-22(21)29-23(30)17(4)27-25(32)34-26(5,6)7;1-12(2)16-8-6-13(3)10-17(16)21(26)23-18-9-7-15(27-5)11-19(18)24-20(25)14(4)22;1-11(2)14-7-5-12(3)9-15(14)18(21)19-16-8-6-13(24-4)10-17(16)20(22)23;1-11(2)14-7-5-12(3)9-15(14)18(21)20-17-8-6-13(22-4)10-16(17)19;1-7(2)9-5-4-8(3)6-10(9)11(12)13;1-12-5-2-3-6(8)7(4-5)9(10)11;;/h10,12,14-17,19-20H,9,11,13H2,1-8H3,(H,27,32)(H,28,31)(H,29,30);7,9,11-14,16-17H,6,8,10,22H2,1-5H3,(H,23,26)(H,24,25);6,8,10-12,14-15H,5,7,9H2,1-4H3,(H,19,21);6,8,10-12,14-15H,5,7,9,19H2,1-4H3,(H,20,21);7-10H,4-6H2,1-3H3;2-4H,8H2,1H3;1H3;/q;;;;;;-1;/t16-,17-,19+,20-;13-,14-,16+,17-;2*12-,14+,15-;8-,9+,10-;;;/m11111.../s1. The van der Waals surface area contributed by atoms with Crippen molar-refractivity contribution >= 4 is 115 Å². The monoisotopic (exact) mass is 1980 g/mol. The first-order valence-electron chi connectivity index (χ1n) is 46.9. The van der Waals surface area contributed by atoms with Gasteiger partial charge in [-0.1, -0.05) is 136 Å². The zero-order chi connectivity index (χ0) is 99.0. The number of nitro groups is 2. The molecular formula is C102H158ClN12O18Pd-. The number of halogens is 1. The molecule has 5 aliphatic rings. The van der Waals surface area contributed by atoms with Gasteiger partial charge in [0.2, 0.25) is 40.7 Å². The summed E-state index contributed by atoms with van der Waals surface area (Å²) in [6.45, 7) is 41.2. The third kappa shape index (κ3) is 37.3. The van der Waals surface area contributed by atoms with E-state index in [1.807, 2.05) is 12.1 Å². The fraction of sp³-hybridized carbons (Fsp3) is 0.618. The summed E-state index contributed by atoms with van der Waals surface area (Å²) >= 11 is 5.62. The Morgan fingerprint density at radius 3 is 0.963 bits per heavy atom. The summed E-state index contributed by atoms with van der Waals surface area (Å²) in [5.74, 6) is 9.05. The Morgan fingerprint density at radius 2 is 0.657 bits per heavy atom. The Kier molecular flexibility index (Phi) is 50.0. The van der Waals surface area contributed by atoms with E-state index in [2.05, 4.69) is 141 Å². The second-order valence-electron chi connectivity index (χ2n) is 39.7. The first kappa shape index (κ1) is 118. The van der Waals surface area contributed by atoms with Crippen LogP contribution in [0, 0.1) is 146 Å². The van der Waals surface area contributed by atoms with Crippen LogP contribution in [0.3, 0.4) is 0 Å². The van der Waals surface area contributed by atoms with E-state index in [0.717, 1.165) is 70.6 Å². The number of nitrogens with zero attached hydrogens (tertiary/aromatic N) is 2. The van der Waals surface area contributed by atoms with Gasteiger partial charge in [-0.2, -0.15) is 0 Å². The first-order valence-corrected chi connectivity index (χ1v) is 47.3. The molecule has 752 valence electrons. The van der Waals surface area contributed by atoms with Crippen molar-refractivity contribution in [3.8, 4) is 28.7 Å². The van der Waals surface area contributed by atoms with Crippen LogP contribution in [0.5, 0.6) is 28.7 Å². The van der Waals surface area contributed by atoms with E-state index in [4.69, 9.17) is 57.2 Å². The van der Waals surface area contributed by atoms with Gasteiger partial charge in [-0.25, -0.2) is 4.79 Å². The smallest absolute Gasteiger partial charge is 0.408 e. The molecule has 0 bridgehead atoms. The van der Waals surface area contributed by atoms with Crippen LogP contribution in [0.1, 0.15) is 235 Å².